The maximum atomic E-state index is 13.5. The van der Waals surface area contributed by atoms with Gasteiger partial charge in [0.25, 0.3) is 5.88 Å². The average molecular weight is 371 g/mol. The second kappa shape index (κ2) is 5.61. The van der Waals surface area contributed by atoms with Crippen LogP contribution in [-0.2, 0) is 0 Å². The SMILES string of the molecule is Fc1cc(Cl)cnc1Oc1cc(Cl)c(Br)cc1Cl. The number of ether oxygens (including phenoxy) is 1. The molecule has 0 aliphatic carbocycles. The van der Waals surface area contributed by atoms with Gasteiger partial charge in [-0.1, -0.05) is 34.8 Å². The van der Waals surface area contributed by atoms with Gasteiger partial charge in [-0.05, 0) is 28.1 Å². The molecule has 18 heavy (non-hydrogen) atoms. The minimum atomic E-state index is -0.683. The second-order valence-corrected chi connectivity index (χ2v) is 5.34. The van der Waals surface area contributed by atoms with Crippen molar-refractivity contribution in [2.75, 3.05) is 0 Å². The number of aromatic nitrogens is 1. The van der Waals surface area contributed by atoms with Gasteiger partial charge in [0, 0.05) is 16.7 Å². The molecule has 2 aromatic rings. The second-order valence-electron chi connectivity index (χ2n) is 3.24. The first-order valence-corrected chi connectivity index (χ1v) is 6.53. The van der Waals surface area contributed by atoms with Crippen LogP contribution >= 0.6 is 50.7 Å². The predicted octanol–water partition coefficient (Wildman–Crippen LogP) is 5.74. The molecule has 7 heteroatoms. The zero-order valence-corrected chi connectivity index (χ0v) is 12.4. The summed E-state index contributed by atoms with van der Waals surface area (Å²) in [6.07, 6.45) is 1.27. The molecule has 0 atom stereocenters. The summed E-state index contributed by atoms with van der Waals surface area (Å²) >= 11 is 20.6. The van der Waals surface area contributed by atoms with Crippen LogP contribution in [0.1, 0.15) is 0 Å². The van der Waals surface area contributed by atoms with E-state index in [2.05, 4.69) is 20.9 Å². The minimum absolute atomic E-state index is 0.180. The van der Waals surface area contributed by atoms with Crippen LogP contribution in [-0.4, -0.2) is 4.98 Å². The van der Waals surface area contributed by atoms with Crippen LogP contribution in [0.3, 0.4) is 0 Å². The largest absolute Gasteiger partial charge is 0.435 e. The van der Waals surface area contributed by atoms with Crippen molar-refractivity contribution in [3.63, 3.8) is 0 Å². The summed E-state index contributed by atoms with van der Waals surface area (Å²) in [6, 6.07) is 4.11. The van der Waals surface area contributed by atoms with E-state index in [1.54, 1.807) is 6.07 Å². The highest BCUT2D eigenvalue weighted by molar-refractivity contribution is 9.10. The fourth-order valence-electron chi connectivity index (χ4n) is 1.16. The lowest BCUT2D eigenvalue weighted by atomic mass is 10.3. The first kappa shape index (κ1) is 13.9. The molecule has 0 saturated carbocycles. The molecule has 2 nitrogen and oxygen atoms in total. The standard InChI is InChI=1S/C11H4BrCl3FNO/c12-6-2-8(15)10(3-7(6)14)18-11-9(16)1-5(13)4-17-11/h1-4H. The Bertz CT molecular complexity index is 609. The number of hydrogen-bond acceptors (Lipinski definition) is 2. The van der Waals surface area contributed by atoms with Crippen molar-refractivity contribution in [2.45, 2.75) is 0 Å². The number of pyridine rings is 1. The number of benzene rings is 1. The Labute approximate surface area is 126 Å². The maximum Gasteiger partial charge on any atom is 0.256 e. The molecule has 0 aliphatic heterocycles. The molecule has 0 bridgehead atoms. The Kier molecular flexibility index (Phi) is 4.33. The van der Waals surface area contributed by atoms with Gasteiger partial charge in [-0.2, -0.15) is 0 Å². The molecule has 0 saturated heterocycles. The van der Waals surface area contributed by atoms with Crippen molar-refractivity contribution in [3.05, 3.63) is 49.8 Å². The van der Waals surface area contributed by atoms with Crippen LogP contribution in [0, 0.1) is 5.82 Å². The van der Waals surface area contributed by atoms with Crippen molar-refractivity contribution in [2.24, 2.45) is 0 Å². The fraction of sp³-hybridized carbons (Fsp3) is 0. The summed E-state index contributed by atoms with van der Waals surface area (Å²) in [7, 11) is 0. The fourth-order valence-corrected chi connectivity index (χ4v) is 2.14. The summed E-state index contributed by atoms with van der Waals surface area (Å²) in [6.45, 7) is 0. The van der Waals surface area contributed by atoms with Gasteiger partial charge in [0.15, 0.2) is 5.82 Å². The molecule has 94 valence electrons. The Balaban J connectivity index is 2.37. The summed E-state index contributed by atoms with van der Waals surface area (Å²) in [5.41, 5.74) is 0. The van der Waals surface area contributed by atoms with Crippen molar-refractivity contribution < 1.29 is 9.13 Å². The predicted molar refractivity (Wildman–Crippen MR) is 73.4 cm³/mol. The number of hydrogen-bond donors (Lipinski definition) is 0. The van der Waals surface area contributed by atoms with Crippen molar-refractivity contribution in [1.82, 2.24) is 4.98 Å². The van der Waals surface area contributed by atoms with Crippen LogP contribution in [0.5, 0.6) is 11.6 Å². The normalized spacial score (nSPS) is 10.5. The lowest BCUT2D eigenvalue weighted by Crippen LogP contribution is -1.92. The van der Waals surface area contributed by atoms with Crippen molar-refractivity contribution in [1.29, 1.82) is 0 Å². The van der Waals surface area contributed by atoms with E-state index in [-0.39, 0.29) is 21.7 Å². The molecular formula is C11H4BrCl3FNO. The highest BCUT2D eigenvalue weighted by Gasteiger charge is 2.12. The summed E-state index contributed by atoms with van der Waals surface area (Å²) < 4.78 is 19.4. The van der Waals surface area contributed by atoms with Crippen molar-refractivity contribution >= 4 is 50.7 Å². The Morgan fingerprint density at radius 2 is 1.83 bits per heavy atom. The molecule has 1 aromatic heterocycles. The highest BCUT2D eigenvalue weighted by atomic mass is 79.9. The molecule has 2 rings (SSSR count). The molecule has 1 aromatic carbocycles. The van der Waals surface area contributed by atoms with Gasteiger partial charge in [-0.15, -0.1) is 0 Å². The van der Waals surface area contributed by atoms with Crippen molar-refractivity contribution in [3.8, 4) is 11.6 Å². The van der Waals surface area contributed by atoms with Gasteiger partial charge in [0.05, 0.1) is 15.1 Å². The van der Waals surface area contributed by atoms with E-state index in [1.165, 1.54) is 12.3 Å². The number of rotatable bonds is 2. The molecule has 0 radical (unpaired) electrons. The van der Waals surface area contributed by atoms with Crippen LogP contribution in [0.25, 0.3) is 0 Å². The first-order valence-electron chi connectivity index (χ1n) is 4.61. The molecule has 0 unspecified atom stereocenters. The van der Waals surface area contributed by atoms with Gasteiger partial charge < -0.3 is 4.74 Å². The van der Waals surface area contributed by atoms with Gasteiger partial charge in [-0.25, -0.2) is 9.37 Å². The third kappa shape index (κ3) is 3.06. The molecule has 0 aliphatic rings. The van der Waals surface area contributed by atoms with Crippen LogP contribution in [0.2, 0.25) is 15.1 Å². The summed E-state index contributed by atoms with van der Waals surface area (Å²) in [5, 5.41) is 0.853. The molecule has 0 amide bonds. The van der Waals surface area contributed by atoms with Gasteiger partial charge >= 0.3 is 0 Å². The van der Waals surface area contributed by atoms with E-state index in [4.69, 9.17) is 39.5 Å². The molecule has 0 N–H and O–H groups in total. The van der Waals surface area contributed by atoms with Crippen LogP contribution in [0.4, 0.5) is 4.39 Å². The third-order valence-electron chi connectivity index (χ3n) is 1.96. The molecule has 0 spiro atoms. The van der Waals surface area contributed by atoms with E-state index >= 15 is 0 Å². The first-order chi connectivity index (χ1) is 8.47. The highest BCUT2D eigenvalue weighted by Crippen LogP contribution is 2.36. The lowest BCUT2D eigenvalue weighted by molar-refractivity contribution is 0.423. The van der Waals surface area contributed by atoms with Crippen LogP contribution in [0.15, 0.2) is 28.9 Å². The zero-order valence-electron chi connectivity index (χ0n) is 8.55. The van der Waals surface area contributed by atoms with Crippen LogP contribution < -0.4 is 4.74 Å². The number of halogens is 5. The maximum absolute atomic E-state index is 13.5. The van der Waals surface area contributed by atoms with E-state index in [0.717, 1.165) is 6.07 Å². The molecule has 0 fully saturated rings. The molecule has 1 heterocycles. The van der Waals surface area contributed by atoms with Gasteiger partial charge in [-0.3, -0.25) is 0 Å². The zero-order chi connectivity index (χ0) is 13.3. The smallest absolute Gasteiger partial charge is 0.256 e. The Morgan fingerprint density at radius 3 is 2.50 bits per heavy atom. The van der Waals surface area contributed by atoms with E-state index < -0.39 is 5.82 Å². The monoisotopic (exact) mass is 369 g/mol. The quantitative estimate of drug-likeness (QED) is 0.629. The molecular weight excluding hydrogens is 367 g/mol. The van der Waals surface area contributed by atoms with E-state index in [1.807, 2.05) is 0 Å². The number of nitrogens with zero attached hydrogens (tertiary/aromatic N) is 1. The van der Waals surface area contributed by atoms with E-state index in [0.29, 0.717) is 9.50 Å². The Morgan fingerprint density at radius 1 is 1.11 bits per heavy atom. The minimum Gasteiger partial charge on any atom is -0.435 e. The summed E-state index contributed by atoms with van der Waals surface area (Å²) in [5.74, 6) is -0.698. The summed E-state index contributed by atoms with van der Waals surface area (Å²) in [4.78, 5) is 3.72. The third-order valence-corrected chi connectivity index (χ3v) is 3.65. The average Bonchev–Trinajstić information content (AvgIpc) is 2.29. The van der Waals surface area contributed by atoms with Gasteiger partial charge in [0.1, 0.15) is 5.75 Å². The van der Waals surface area contributed by atoms with Gasteiger partial charge in [0.2, 0.25) is 0 Å². The topological polar surface area (TPSA) is 22.1 Å². The Hall–Kier alpha value is -0.550. The van der Waals surface area contributed by atoms with E-state index in [9.17, 15) is 4.39 Å². The lowest BCUT2D eigenvalue weighted by Gasteiger charge is -2.08.